The van der Waals surface area contributed by atoms with Crippen molar-refractivity contribution in [3.63, 3.8) is 0 Å². The minimum atomic E-state index is -3.00. The number of rotatable bonds is 3. The van der Waals surface area contributed by atoms with E-state index in [2.05, 4.69) is 0 Å². The van der Waals surface area contributed by atoms with Crippen LogP contribution >= 0.6 is 0 Å². The summed E-state index contributed by atoms with van der Waals surface area (Å²) in [6, 6.07) is 0. The molecule has 0 aromatic heterocycles. The molecule has 106 valence electrons. The number of sulfone groups is 1. The van der Waals surface area contributed by atoms with Gasteiger partial charge in [0.25, 0.3) is 0 Å². The van der Waals surface area contributed by atoms with Crippen LogP contribution in [0.25, 0.3) is 0 Å². The van der Waals surface area contributed by atoms with Gasteiger partial charge in [-0.1, -0.05) is 25.7 Å². The lowest BCUT2D eigenvalue weighted by Crippen LogP contribution is -2.46. The third-order valence-corrected chi connectivity index (χ3v) is 6.64. The normalized spacial score (nSPS) is 35.2. The highest BCUT2D eigenvalue weighted by atomic mass is 32.2. The first-order valence-corrected chi connectivity index (χ1v) is 8.90. The fraction of sp³-hybridized carbons (Fsp3) is 1.00. The molecule has 0 spiro atoms. The average Bonchev–Trinajstić information content (AvgIpc) is 2.56. The minimum absolute atomic E-state index is 0.0775. The van der Waals surface area contributed by atoms with Crippen molar-refractivity contribution in [2.75, 3.05) is 18.1 Å². The van der Waals surface area contributed by atoms with E-state index in [-0.39, 0.29) is 24.0 Å². The van der Waals surface area contributed by atoms with E-state index in [1.807, 2.05) is 0 Å². The zero-order chi connectivity index (χ0) is 13.2. The van der Waals surface area contributed by atoms with E-state index >= 15 is 0 Å². The van der Waals surface area contributed by atoms with E-state index in [0.29, 0.717) is 6.42 Å². The van der Waals surface area contributed by atoms with Crippen molar-refractivity contribution in [3.05, 3.63) is 0 Å². The zero-order valence-electron chi connectivity index (χ0n) is 11.0. The number of nitrogens with two attached hydrogens (primary N) is 1. The summed E-state index contributed by atoms with van der Waals surface area (Å²) in [6.45, 7) is 0.282. The van der Waals surface area contributed by atoms with Crippen LogP contribution in [0.3, 0.4) is 0 Å². The van der Waals surface area contributed by atoms with Gasteiger partial charge in [0.05, 0.1) is 17.6 Å². The van der Waals surface area contributed by atoms with Crippen molar-refractivity contribution in [2.24, 2.45) is 17.1 Å². The number of hydrogen-bond acceptors (Lipinski definition) is 4. The molecular formula is C13H25NO3S. The van der Waals surface area contributed by atoms with Crippen molar-refractivity contribution in [2.45, 2.75) is 51.0 Å². The molecule has 1 aliphatic heterocycles. The maximum absolute atomic E-state index is 11.7. The van der Waals surface area contributed by atoms with Gasteiger partial charge < -0.3 is 10.8 Å². The smallest absolute Gasteiger partial charge is 0.151 e. The molecule has 1 heterocycles. The fourth-order valence-electron chi connectivity index (χ4n) is 3.58. The van der Waals surface area contributed by atoms with E-state index in [4.69, 9.17) is 5.73 Å². The summed E-state index contributed by atoms with van der Waals surface area (Å²) in [5.74, 6) is 0.506. The topological polar surface area (TPSA) is 80.4 Å². The van der Waals surface area contributed by atoms with Crippen LogP contribution in [0.4, 0.5) is 0 Å². The molecule has 2 unspecified atom stereocenters. The highest BCUT2D eigenvalue weighted by Gasteiger charge is 2.48. The first kappa shape index (κ1) is 14.3. The highest BCUT2D eigenvalue weighted by molar-refractivity contribution is 7.91. The third-order valence-electron chi connectivity index (χ3n) is 4.80. The van der Waals surface area contributed by atoms with Crippen molar-refractivity contribution in [3.8, 4) is 0 Å². The largest absolute Gasteiger partial charge is 0.392 e. The Bertz CT molecular complexity index is 374. The lowest BCUT2D eigenvalue weighted by Gasteiger charge is -2.36. The summed E-state index contributed by atoms with van der Waals surface area (Å²) in [7, 11) is -3.00. The molecule has 0 bridgehead atoms. The van der Waals surface area contributed by atoms with Crippen LogP contribution in [-0.2, 0) is 9.84 Å². The molecule has 5 heteroatoms. The van der Waals surface area contributed by atoms with Gasteiger partial charge in [0.2, 0.25) is 0 Å². The molecule has 3 N–H and O–H groups in total. The van der Waals surface area contributed by atoms with Gasteiger partial charge in [0, 0.05) is 12.0 Å². The molecule has 2 rings (SSSR count). The van der Waals surface area contributed by atoms with Crippen LogP contribution in [0.2, 0.25) is 0 Å². The van der Waals surface area contributed by atoms with Crippen molar-refractivity contribution >= 4 is 9.84 Å². The summed E-state index contributed by atoms with van der Waals surface area (Å²) < 4.78 is 23.4. The third kappa shape index (κ3) is 2.89. The molecule has 0 aromatic carbocycles. The summed E-state index contributed by atoms with van der Waals surface area (Å²) in [5.41, 5.74) is 5.24. The van der Waals surface area contributed by atoms with Crippen molar-refractivity contribution < 1.29 is 13.5 Å². The molecule has 1 saturated heterocycles. The van der Waals surface area contributed by atoms with Gasteiger partial charge in [-0.15, -0.1) is 0 Å². The number of aliphatic hydroxyl groups excluding tert-OH is 1. The zero-order valence-corrected chi connectivity index (χ0v) is 11.8. The quantitative estimate of drug-likeness (QED) is 0.755. The molecule has 1 saturated carbocycles. The highest BCUT2D eigenvalue weighted by Crippen LogP contribution is 2.41. The van der Waals surface area contributed by atoms with Crippen LogP contribution in [-0.4, -0.2) is 37.7 Å². The maximum atomic E-state index is 11.7. The molecule has 0 radical (unpaired) electrons. The van der Waals surface area contributed by atoms with Gasteiger partial charge in [0.1, 0.15) is 0 Å². The van der Waals surface area contributed by atoms with E-state index < -0.39 is 21.4 Å². The Hall–Kier alpha value is -0.130. The van der Waals surface area contributed by atoms with Gasteiger partial charge in [-0.25, -0.2) is 8.42 Å². The second-order valence-electron chi connectivity index (χ2n) is 6.11. The van der Waals surface area contributed by atoms with Crippen molar-refractivity contribution in [1.29, 1.82) is 0 Å². The van der Waals surface area contributed by atoms with E-state index in [9.17, 15) is 13.5 Å². The summed E-state index contributed by atoms with van der Waals surface area (Å²) in [6.07, 6.45) is 6.78. The molecule has 1 aliphatic carbocycles. The van der Waals surface area contributed by atoms with E-state index in [1.54, 1.807) is 0 Å². The summed E-state index contributed by atoms with van der Waals surface area (Å²) >= 11 is 0. The Morgan fingerprint density at radius 2 is 1.83 bits per heavy atom. The van der Waals surface area contributed by atoms with Gasteiger partial charge in [0.15, 0.2) is 9.84 Å². The minimum Gasteiger partial charge on any atom is -0.392 e. The second kappa shape index (κ2) is 5.47. The Balaban J connectivity index is 2.12. The predicted molar refractivity (Wildman–Crippen MR) is 72.0 cm³/mol. The van der Waals surface area contributed by atoms with Gasteiger partial charge in [-0.3, -0.25) is 0 Å². The van der Waals surface area contributed by atoms with Crippen LogP contribution < -0.4 is 5.73 Å². The van der Waals surface area contributed by atoms with Crippen LogP contribution in [0.15, 0.2) is 0 Å². The first-order valence-electron chi connectivity index (χ1n) is 7.08. The monoisotopic (exact) mass is 275 g/mol. The molecule has 2 aliphatic rings. The van der Waals surface area contributed by atoms with Gasteiger partial charge in [-0.05, 0) is 25.2 Å². The van der Waals surface area contributed by atoms with Gasteiger partial charge >= 0.3 is 0 Å². The SMILES string of the molecule is NCC1(C(O)C2CCCCCC2)CCS(=O)(=O)C1. The first-order chi connectivity index (χ1) is 8.49. The Morgan fingerprint density at radius 1 is 1.22 bits per heavy atom. The fourth-order valence-corrected chi connectivity index (χ4v) is 5.75. The second-order valence-corrected chi connectivity index (χ2v) is 8.29. The lowest BCUT2D eigenvalue weighted by atomic mass is 9.74. The maximum Gasteiger partial charge on any atom is 0.151 e. The Labute approximate surface area is 110 Å². The average molecular weight is 275 g/mol. The Morgan fingerprint density at radius 3 is 2.28 bits per heavy atom. The lowest BCUT2D eigenvalue weighted by molar-refractivity contribution is -0.00552. The summed E-state index contributed by atoms with van der Waals surface area (Å²) in [4.78, 5) is 0. The molecule has 4 nitrogen and oxygen atoms in total. The Kier molecular flexibility index (Phi) is 4.34. The number of hydrogen-bond donors (Lipinski definition) is 2. The number of aliphatic hydroxyl groups is 1. The molecular weight excluding hydrogens is 250 g/mol. The van der Waals surface area contributed by atoms with Crippen LogP contribution in [0.5, 0.6) is 0 Å². The standard InChI is InChI=1S/C13H25NO3S/c14-9-13(7-8-18(16,17)10-13)12(15)11-5-3-1-2-4-6-11/h11-12,15H,1-10,14H2. The molecule has 0 aromatic rings. The molecule has 18 heavy (non-hydrogen) atoms. The molecule has 2 atom stereocenters. The summed E-state index contributed by atoms with van der Waals surface area (Å²) in [5, 5.41) is 10.6. The van der Waals surface area contributed by atoms with Crippen molar-refractivity contribution in [1.82, 2.24) is 0 Å². The van der Waals surface area contributed by atoms with Gasteiger partial charge in [-0.2, -0.15) is 0 Å². The molecule has 2 fully saturated rings. The van der Waals surface area contributed by atoms with E-state index in [0.717, 1.165) is 25.7 Å². The molecule has 0 amide bonds. The predicted octanol–water partition coefficient (Wildman–Crippen LogP) is 1.08. The van der Waals surface area contributed by atoms with E-state index in [1.165, 1.54) is 12.8 Å². The van der Waals surface area contributed by atoms with Crippen LogP contribution in [0, 0.1) is 11.3 Å². The van der Waals surface area contributed by atoms with Crippen LogP contribution in [0.1, 0.15) is 44.9 Å².